The summed E-state index contributed by atoms with van der Waals surface area (Å²) >= 11 is 0. The minimum absolute atomic E-state index is 0.154. The van der Waals surface area contributed by atoms with Crippen molar-refractivity contribution in [2.24, 2.45) is 0 Å². The smallest absolute Gasteiger partial charge is 0.274 e. The second-order valence-corrected chi connectivity index (χ2v) is 6.19. The number of carbonyl (C=O) groups excluding carboxylic acids is 1. The lowest BCUT2D eigenvalue weighted by atomic mass is 10.2. The first-order valence-electron chi connectivity index (χ1n) is 8.26. The van der Waals surface area contributed by atoms with Crippen LogP contribution >= 0.6 is 0 Å². The number of rotatable bonds is 4. The van der Waals surface area contributed by atoms with Gasteiger partial charge in [0, 0.05) is 43.9 Å². The quantitative estimate of drug-likeness (QED) is 0.569. The molecule has 130 valence electrons. The van der Waals surface area contributed by atoms with Gasteiger partial charge in [-0.05, 0) is 24.6 Å². The predicted molar refractivity (Wildman–Crippen MR) is 97.1 cm³/mol. The monoisotopic (exact) mass is 346 g/mol. The van der Waals surface area contributed by atoms with Gasteiger partial charge in [-0.15, -0.1) is 0 Å². The predicted octanol–water partition coefficient (Wildman–Crippen LogP) is 2.50. The number of hydrogen-bond donors (Lipinski definition) is 0. The topological polar surface area (TPSA) is 68.3 Å². The van der Waals surface area contributed by atoms with E-state index < -0.39 is 0 Å². The highest BCUT2D eigenvalue weighted by Gasteiger charge is 2.17. The van der Waals surface area contributed by atoms with Crippen LogP contribution in [0.5, 0.6) is 0 Å². The molecule has 3 heterocycles. The van der Waals surface area contributed by atoms with Crippen LogP contribution in [0.25, 0.3) is 11.5 Å². The summed E-state index contributed by atoms with van der Waals surface area (Å²) in [6.07, 6.45) is 8.88. The highest BCUT2D eigenvalue weighted by molar-refractivity contribution is 5.92. The average molecular weight is 346 g/mol. The zero-order valence-electron chi connectivity index (χ0n) is 14.6. The molecule has 0 bridgehead atoms. The third kappa shape index (κ3) is 2.95. The first-order chi connectivity index (χ1) is 12.6. The van der Waals surface area contributed by atoms with E-state index in [0.29, 0.717) is 18.0 Å². The summed E-state index contributed by atoms with van der Waals surface area (Å²) in [7, 11) is 1.75. The second-order valence-electron chi connectivity index (χ2n) is 6.19. The van der Waals surface area contributed by atoms with E-state index in [1.807, 2.05) is 48.3 Å². The van der Waals surface area contributed by atoms with Gasteiger partial charge in [0.2, 0.25) is 5.78 Å². The van der Waals surface area contributed by atoms with Crippen LogP contribution in [0, 0.1) is 6.92 Å². The molecule has 0 spiro atoms. The molecule has 0 saturated heterocycles. The Morgan fingerprint density at radius 1 is 1.19 bits per heavy atom. The maximum atomic E-state index is 12.6. The molecule has 0 radical (unpaired) electrons. The van der Waals surface area contributed by atoms with E-state index in [9.17, 15) is 4.79 Å². The van der Waals surface area contributed by atoms with Crippen LogP contribution in [0.3, 0.4) is 0 Å². The first kappa shape index (κ1) is 16.0. The molecule has 4 aromatic rings. The SMILES string of the molecule is Cc1ccccc1-n1cc(CN(C)C(=O)c2cn3cccnc3n2)cn1. The number of fused-ring (bicyclic) bond motifs is 1. The van der Waals surface area contributed by atoms with E-state index in [4.69, 9.17) is 0 Å². The first-order valence-corrected chi connectivity index (χ1v) is 8.26. The summed E-state index contributed by atoms with van der Waals surface area (Å²) < 4.78 is 3.56. The number of para-hydroxylation sites is 1. The van der Waals surface area contributed by atoms with Gasteiger partial charge < -0.3 is 4.90 Å². The highest BCUT2D eigenvalue weighted by Crippen LogP contribution is 2.14. The molecular formula is C19H18N6O. The van der Waals surface area contributed by atoms with Crippen molar-refractivity contribution in [1.82, 2.24) is 29.0 Å². The molecule has 0 aliphatic rings. The van der Waals surface area contributed by atoms with Gasteiger partial charge in [0.05, 0.1) is 11.9 Å². The van der Waals surface area contributed by atoms with Crippen LogP contribution in [0.15, 0.2) is 61.3 Å². The average Bonchev–Trinajstić information content (AvgIpc) is 3.28. The second kappa shape index (κ2) is 6.44. The number of aryl methyl sites for hydroxylation is 1. The van der Waals surface area contributed by atoms with E-state index in [0.717, 1.165) is 16.8 Å². The molecular weight excluding hydrogens is 328 g/mol. The van der Waals surface area contributed by atoms with Crippen molar-refractivity contribution in [3.63, 3.8) is 0 Å². The van der Waals surface area contributed by atoms with Crippen molar-refractivity contribution in [2.75, 3.05) is 7.05 Å². The summed E-state index contributed by atoms with van der Waals surface area (Å²) in [6, 6.07) is 9.84. The summed E-state index contributed by atoms with van der Waals surface area (Å²) in [5, 5.41) is 4.42. The molecule has 0 aliphatic heterocycles. The van der Waals surface area contributed by atoms with Crippen molar-refractivity contribution in [1.29, 1.82) is 0 Å². The Hall–Kier alpha value is -3.48. The van der Waals surface area contributed by atoms with Crippen molar-refractivity contribution >= 4 is 11.7 Å². The summed E-state index contributed by atoms with van der Waals surface area (Å²) in [5.41, 5.74) is 3.49. The highest BCUT2D eigenvalue weighted by atomic mass is 16.2. The zero-order chi connectivity index (χ0) is 18.1. The van der Waals surface area contributed by atoms with Gasteiger partial charge in [-0.25, -0.2) is 14.6 Å². The number of hydrogen-bond acceptors (Lipinski definition) is 4. The third-order valence-corrected chi connectivity index (χ3v) is 4.22. The number of imidazole rings is 1. The van der Waals surface area contributed by atoms with Crippen molar-refractivity contribution < 1.29 is 4.79 Å². The fraction of sp³-hybridized carbons (Fsp3) is 0.158. The normalized spacial score (nSPS) is 11.0. The Morgan fingerprint density at radius 3 is 2.85 bits per heavy atom. The van der Waals surface area contributed by atoms with Gasteiger partial charge in [-0.2, -0.15) is 5.10 Å². The molecule has 0 N–H and O–H groups in total. The maximum Gasteiger partial charge on any atom is 0.274 e. The molecule has 0 atom stereocenters. The minimum atomic E-state index is -0.154. The lowest BCUT2D eigenvalue weighted by molar-refractivity contribution is 0.0780. The van der Waals surface area contributed by atoms with Crippen LogP contribution in [0.1, 0.15) is 21.6 Å². The Kier molecular flexibility index (Phi) is 3.96. The number of nitrogens with zero attached hydrogens (tertiary/aromatic N) is 6. The molecule has 3 aromatic heterocycles. The van der Waals surface area contributed by atoms with Gasteiger partial charge in [0.25, 0.3) is 5.91 Å². The maximum absolute atomic E-state index is 12.6. The largest absolute Gasteiger partial charge is 0.336 e. The molecule has 0 fully saturated rings. The van der Waals surface area contributed by atoms with Gasteiger partial charge in [-0.3, -0.25) is 9.20 Å². The van der Waals surface area contributed by atoms with Gasteiger partial charge in [0.1, 0.15) is 5.69 Å². The zero-order valence-corrected chi connectivity index (χ0v) is 14.6. The molecule has 7 heteroatoms. The Labute approximate surface area is 150 Å². The summed E-state index contributed by atoms with van der Waals surface area (Å²) in [5.74, 6) is 0.357. The van der Waals surface area contributed by atoms with Crippen LogP contribution in [-0.2, 0) is 6.54 Å². The van der Waals surface area contributed by atoms with Crippen molar-refractivity contribution in [3.8, 4) is 5.69 Å². The molecule has 0 saturated carbocycles. The third-order valence-electron chi connectivity index (χ3n) is 4.22. The summed E-state index contributed by atoms with van der Waals surface area (Å²) in [6.45, 7) is 2.50. The lowest BCUT2D eigenvalue weighted by Gasteiger charge is -2.14. The van der Waals surface area contributed by atoms with Crippen LogP contribution < -0.4 is 0 Å². The molecule has 0 unspecified atom stereocenters. The molecule has 26 heavy (non-hydrogen) atoms. The molecule has 7 nitrogen and oxygen atoms in total. The molecule has 1 amide bonds. The number of aromatic nitrogens is 5. The number of amides is 1. The van der Waals surface area contributed by atoms with E-state index >= 15 is 0 Å². The fourth-order valence-corrected chi connectivity index (χ4v) is 2.87. The Bertz CT molecular complexity index is 1050. The Balaban J connectivity index is 1.52. The lowest BCUT2D eigenvalue weighted by Crippen LogP contribution is -2.26. The van der Waals surface area contributed by atoms with E-state index in [2.05, 4.69) is 15.1 Å². The number of carbonyl (C=O) groups is 1. The van der Waals surface area contributed by atoms with E-state index in [1.54, 1.807) is 41.0 Å². The molecule has 0 aliphatic carbocycles. The summed E-state index contributed by atoms with van der Waals surface area (Å²) in [4.78, 5) is 22.7. The fourth-order valence-electron chi connectivity index (χ4n) is 2.87. The van der Waals surface area contributed by atoms with Crippen molar-refractivity contribution in [2.45, 2.75) is 13.5 Å². The van der Waals surface area contributed by atoms with Crippen LogP contribution in [0.4, 0.5) is 0 Å². The van der Waals surface area contributed by atoms with Crippen molar-refractivity contribution in [3.05, 3.63) is 78.1 Å². The standard InChI is InChI=1S/C19H18N6O/c1-14-6-3-4-7-17(14)25-12-15(10-21-25)11-23(2)18(26)16-13-24-9-5-8-20-19(24)22-16/h3-10,12-13H,11H2,1-2H3. The van der Waals surface area contributed by atoms with Gasteiger partial charge in [-0.1, -0.05) is 18.2 Å². The molecule has 4 rings (SSSR count). The van der Waals surface area contributed by atoms with Crippen LogP contribution in [0.2, 0.25) is 0 Å². The van der Waals surface area contributed by atoms with E-state index in [-0.39, 0.29) is 5.91 Å². The number of benzene rings is 1. The van der Waals surface area contributed by atoms with E-state index in [1.165, 1.54) is 0 Å². The van der Waals surface area contributed by atoms with Crippen LogP contribution in [-0.4, -0.2) is 42.0 Å². The Morgan fingerprint density at radius 2 is 2.04 bits per heavy atom. The van der Waals surface area contributed by atoms with Gasteiger partial charge >= 0.3 is 0 Å². The van der Waals surface area contributed by atoms with Gasteiger partial charge in [0.15, 0.2) is 0 Å². The molecule has 1 aromatic carbocycles. The minimum Gasteiger partial charge on any atom is -0.336 e.